The Labute approximate surface area is 173 Å². The lowest BCUT2D eigenvalue weighted by molar-refractivity contribution is -0.128. The van der Waals surface area contributed by atoms with Crippen LogP contribution in [0.4, 0.5) is 0 Å². The predicted octanol–water partition coefficient (Wildman–Crippen LogP) is 2.84. The van der Waals surface area contributed by atoms with Gasteiger partial charge in [0.05, 0.1) is 11.5 Å². The van der Waals surface area contributed by atoms with Crippen molar-refractivity contribution in [1.82, 2.24) is 16.0 Å². The van der Waals surface area contributed by atoms with Gasteiger partial charge >= 0.3 is 0 Å². The summed E-state index contributed by atoms with van der Waals surface area (Å²) in [5.74, 6) is 1.57. The molecule has 6 nitrogen and oxygen atoms in total. The van der Waals surface area contributed by atoms with Gasteiger partial charge < -0.3 is 20.7 Å². The molecule has 0 radical (unpaired) electrons. The molecule has 1 atom stereocenters. The van der Waals surface area contributed by atoms with Crippen LogP contribution in [-0.2, 0) is 4.79 Å². The number of fused-ring (bicyclic) bond motifs is 1. The summed E-state index contributed by atoms with van der Waals surface area (Å²) in [6.07, 6.45) is 0.823. The van der Waals surface area contributed by atoms with Gasteiger partial charge in [-0.25, -0.2) is 0 Å². The van der Waals surface area contributed by atoms with Gasteiger partial charge in [0.25, 0.3) is 0 Å². The van der Waals surface area contributed by atoms with E-state index in [9.17, 15) is 4.79 Å². The molecule has 1 aliphatic heterocycles. The monoisotopic (exact) mass is 474 g/mol. The maximum Gasteiger partial charge on any atom is 0.227 e. The third kappa shape index (κ3) is 5.49. The Bertz CT molecular complexity index is 659. The minimum Gasteiger partial charge on any atom is -0.487 e. The second-order valence-corrected chi connectivity index (χ2v) is 7.69. The Balaban J connectivity index is 0.00000338. The Kier molecular flexibility index (Phi) is 7.73. The fraction of sp³-hybridized carbons (Fsp3) is 0.579. The zero-order valence-electron chi connectivity index (χ0n) is 16.5. The first kappa shape index (κ1) is 22.5. The number of hydrogen-bond donors (Lipinski definition) is 3. The maximum atomic E-state index is 11.9. The zero-order chi connectivity index (χ0) is 18.7. The van der Waals surface area contributed by atoms with Crippen molar-refractivity contribution in [2.24, 2.45) is 10.4 Å². The number of nitrogens with zero attached hydrogens (tertiary/aromatic N) is 1. The van der Waals surface area contributed by atoms with E-state index in [1.54, 1.807) is 14.1 Å². The SMILES string of the molecule is CN=C(NCC(C)(C)C(=O)NC)NC1CC(C)(C)Oc2ccccc21.I. The number of amides is 1. The second kappa shape index (κ2) is 8.92. The van der Waals surface area contributed by atoms with Crippen LogP contribution >= 0.6 is 24.0 Å². The number of nitrogens with one attached hydrogen (secondary N) is 3. The van der Waals surface area contributed by atoms with E-state index in [1.165, 1.54) is 0 Å². The standard InChI is InChI=1S/C19H30N4O2.HI/c1-18(2,16(24)20-5)12-22-17(21-6)23-14-11-19(3,4)25-15-10-8-7-9-13(14)15;/h7-10,14H,11-12H2,1-6H3,(H,20,24)(H2,21,22,23);1H. The summed E-state index contributed by atoms with van der Waals surface area (Å²) < 4.78 is 6.07. The molecular formula is C19H31IN4O2. The molecular weight excluding hydrogens is 443 g/mol. The number of aliphatic imine (C=N–C) groups is 1. The van der Waals surface area contributed by atoms with Crippen molar-refractivity contribution in [2.45, 2.75) is 45.8 Å². The molecule has 0 bridgehead atoms. The van der Waals surface area contributed by atoms with E-state index in [1.807, 2.05) is 32.0 Å². The van der Waals surface area contributed by atoms with E-state index in [-0.39, 0.29) is 41.5 Å². The number of hydrogen-bond acceptors (Lipinski definition) is 3. The lowest BCUT2D eigenvalue weighted by Crippen LogP contribution is -2.49. The number of ether oxygens (including phenoxy) is 1. The van der Waals surface area contributed by atoms with Crippen LogP contribution in [0.25, 0.3) is 0 Å². The first-order valence-corrected chi connectivity index (χ1v) is 8.66. The molecule has 146 valence electrons. The number of guanidine groups is 1. The van der Waals surface area contributed by atoms with Crippen molar-refractivity contribution in [3.05, 3.63) is 29.8 Å². The summed E-state index contributed by atoms with van der Waals surface area (Å²) >= 11 is 0. The van der Waals surface area contributed by atoms with Crippen LogP contribution in [0.5, 0.6) is 5.75 Å². The molecule has 7 heteroatoms. The maximum absolute atomic E-state index is 11.9. The zero-order valence-corrected chi connectivity index (χ0v) is 18.8. The Morgan fingerprint density at radius 3 is 2.62 bits per heavy atom. The van der Waals surface area contributed by atoms with Crippen LogP contribution in [0.1, 0.15) is 45.7 Å². The summed E-state index contributed by atoms with van der Waals surface area (Å²) in [7, 11) is 3.39. The van der Waals surface area contributed by atoms with Gasteiger partial charge in [-0.2, -0.15) is 0 Å². The minimum atomic E-state index is -0.529. The molecule has 2 rings (SSSR count). The molecule has 0 saturated heterocycles. The first-order chi connectivity index (χ1) is 11.7. The van der Waals surface area contributed by atoms with Gasteiger partial charge in [0.15, 0.2) is 5.96 Å². The largest absolute Gasteiger partial charge is 0.487 e. The summed E-state index contributed by atoms with van der Waals surface area (Å²) in [5, 5.41) is 9.44. The third-order valence-corrected chi connectivity index (χ3v) is 4.45. The number of rotatable bonds is 4. The van der Waals surface area contributed by atoms with Crippen LogP contribution in [-0.4, -0.2) is 38.1 Å². The van der Waals surface area contributed by atoms with Gasteiger partial charge in [0, 0.05) is 32.6 Å². The van der Waals surface area contributed by atoms with E-state index in [0.29, 0.717) is 12.5 Å². The molecule has 1 unspecified atom stereocenters. The van der Waals surface area contributed by atoms with Gasteiger partial charge in [-0.05, 0) is 33.8 Å². The molecule has 1 aromatic carbocycles. The summed E-state index contributed by atoms with van der Waals surface area (Å²) in [5.41, 5.74) is 0.334. The smallest absolute Gasteiger partial charge is 0.227 e. The van der Waals surface area contributed by atoms with E-state index >= 15 is 0 Å². The normalized spacial score (nSPS) is 18.7. The van der Waals surface area contributed by atoms with Crippen molar-refractivity contribution >= 4 is 35.8 Å². The topological polar surface area (TPSA) is 74.8 Å². The fourth-order valence-corrected chi connectivity index (χ4v) is 3.01. The highest BCUT2D eigenvalue weighted by atomic mass is 127. The minimum absolute atomic E-state index is 0. The molecule has 0 spiro atoms. The summed E-state index contributed by atoms with van der Waals surface area (Å²) in [6.45, 7) is 8.46. The van der Waals surface area contributed by atoms with E-state index in [4.69, 9.17) is 4.74 Å². The van der Waals surface area contributed by atoms with Crippen molar-refractivity contribution < 1.29 is 9.53 Å². The molecule has 1 aromatic rings. The average molecular weight is 474 g/mol. The highest BCUT2D eigenvalue weighted by Crippen LogP contribution is 2.39. The van der Waals surface area contributed by atoms with Crippen LogP contribution in [0, 0.1) is 5.41 Å². The first-order valence-electron chi connectivity index (χ1n) is 8.66. The lowest BCUT2D eigenvalue weighted by Gasteiger charge is -2.38. The van der Waals surface area contributed by atoms with Gasteiger partial charge in [0.2, 0.25) is 5.91 Å². The van der Waals surface area contributed by atoms with Gasteiger partial charge in [-0.1, -0.05) is 18.2 Å². The number of benzene rings is 1. The van der Waals surface area contributed by atoms with Crippen LogP contribution in [0.15, 0.2) is 29.3 Å². The highest BCUT2D eigenvalue weighted by Gasteiger charge is 2.34. The van der Waals surface area contributed by atoms with Crippen molar-refractivity contribution in [3.63, 3.8) is 0 Å². The van der Waals surface area contributed by atoms with Gasteiger partial charge in [-0.15, -0.1) is 24.0 Å². The van der Waals surface area contributed by atoms with Crippen LogP contribution < -0.4 is 20.7 Å². The molecule has 26 heavy (non-hydrogen) atoms. The predicted molar refractivity (Wildman–Crippen MR) is 116 cm³/mol. The Morgan fingerprint density at radius 1 is 1.35 bits per heavy atom. The average Bonchev–Trinajstić information content (AvgIpc) is 2.56. The Hall–Kier alpha value is -1.51. The van der Waals surface area contributed by atoms with Crippen LogP contribution in [0.3, 0.4) is 0 Å². The van der Waals surface area contributed by atoms with Crippen molar-refractivity contribution in [2.75, 3.05) is 20.6 Å². The van der Waals surface area contributed by atoms with Gasteiger partial charge in [0.1, 0.15) is 11.4 Å². The number of carbonyl (C=O) groups is 1. The molecule has 0 fully saturated rings. The molecule has 1 amide bonds. The number of para-hydroxylation sites is 1. The third-order valence-electron chi connectivity index (χ3n) is 4.45. The Morgan fingerprint density at radius 2 is 2.00 bits per heavy atom. The molecule has 1 aliphatic rings. The molecule has 0 aliphatic carbocycles. The molecule has 3 N–H and O–H groups in total. The lowest BCUT2D eigenvalue weighted by atomic mass is 9.89. The highest BCUT2D eigenvalue weighted by molar-refractivity contribution is 14.0. The molecule has 1 heterocycles. The molecule has 0 saturated carbocycles. The molecule has 0 aromatic heterocycles. The van der Waals surface area contributed by atoms with E-state index in [2.05, 4.69) is 40.9 Å². The quantitative estimate of drug-likeness (QED) is 0.357. The van der Waals surface area contributed by atoms with Gasteiger partial charge in [-0.3, -0.25) is 9.79 Å². The summed E-state index contributed by atoms with van der Waals surface area (Å²) in [4.78, 5) is 16.3. The van der Waals surface area contributed by atoms with Crippen LogP contribution in [0.2, 0.25) is 0 Å². The number of carbonyl (C=O) groups excluding carboxylic acids is 1. The van der Waals surface area contributed by atoms with Crippen molar-refractivity contribution in [3.8, 4) is 5.75 Å². The number of halogens is 1. The second-order valence-electron chi connectivity index (χ2n) is 7.69. The fourth-order valence-electron chi connectivity index (χ4n) is 3.01. The van der Waals surface area contributed by atoms with Crippen molar-refractivity contribution in [1.29, 1.82) is 0 Å². The van der Waals surface area contributed by atoms with E-state index in [0.717, 1.165) is 17.7 Å². The van der Waals surface area contributed by atoms with E-state index < -0.39 is 5.41 Å². The summed E-state index contributed by atoms with van der Waals surface area (Å²) in [6, 6.07) is 8.16.